The Morgan fingerprint density at radius 1 is 1.03 bits per heavy atom. The number of thiophene rings is 1. The summed E-state index contributed by atoms with van der Waals surface area (Å²) in [6.45, 7) is 5.39. The minimum atomic E-state index is -0.429. The molecule has 1 N–H and O–H groups in total. The molecule has 4 nitrogen and oxygen atoms in total. The molecule has 3 aromatic rings. The summed E-state index contributed by atoms with van der Waals surface area (Å²) in [4.78, 5) is 29.9. The van der Waals surface area contributed by atoms with Crippen LogP contribution in [0.4, 0.5) is 0 Å². The van der Waals surface area contributed by atoms with E-state index < -0.39 is 5.92 Å². The standard InChI is InChI=1S/C26H28N2O2S/c1-18(2)17-28-24(22-13-8-16-31-22)23(20-11-6-7-12-21(20)26(28)30)25(29)27-15-14-19-9-4-3-5-10-19/h3-13,16,18,23-24H,14-15,17H2,1-2H3,(H,27,29)/t23-,24+/m1/s1. The van der Waals surface area contributed by atoms with Crippen LogP contribution >= 0.6 is 11.3 Å². The third kappa shape index (κ3) is 4.57. The lowest BCUT2D eigenvalue weighted by Gasteiger charge is -2.42. The van der Waals surface area contributed by atoms with Crippen LogP contribution in [0.15, 0.2) is 72.1 Å². The Morgan fingerprint density at radius 2 is 1.77 bits per heavy atom. The van der Waals surface area contributed by atoms with Gasteiger partial charge in [-0.25, -0.2) is 0 Å². The molecule has 2 amide bonds. The first-order chi connectivity index (χ1) is 15.1. The normalized spacial score (nSPS) is 18.2. The van der Waals surface area contributed by atoms with E-state index in [4.69, 9.17) is 0 Å². The van der Waals surface area contributed by atoms with Crippen LogP contribution in [0.1, 0.15) is 52.2 Å². The van der Waals surface area contributed by atoms with E-state index >= 15 is 0 Å². The highest BCUT2D eigenvalue weighted by Gasteiger charge is 2.44. The first-order valence-corrected chi connectivity index (χ1v) is 11.7. The van der Waals surface area contributed by atoms with Crippen LogP contribution in [0.3, 0.4) is 0 Å². The van der Waals surface area contributed by atoms with Crippen LogP contribution in [0, 0.1) is 5.92 Å². The fraction of sp³-hybridized carbons (Fsp3) is 0.308. The smallest absolute Gasteiger partial charge is 0.254 e. The zero-order valence-electron chi connectivity index (χ0n) is 18.0. The highest BCUT2D eigenvalue weighted by atomic mass is 32.1. The summed E-state index contributed by atoms with van der Waals surface area (Å²) in [5, 5.41) is 5.16. The van der Waals surface area contributed by atoms with Crippen LogP contribution in [0.2, 0.25) is 0 Å². The Bertz CT molecular complexity index is 1030. The van der Waals surface area contributed by atoms with Crippen LogP contribution in [-0.4, -0.2) is 29.8 Å². The summed E-state index contributed by atoms with van der Waals surface area (Å²) >= 11 is 1.60. The summed E-state index contributed by atoms with van der Waals surface area (Å²) in [5.74, 6) is -0.139. The van der Waals surface area contributed by atoms with Gasteiger partial charge in [0, 0.05) is 23.5 Å². The van der Waals surface area contributed by atoms with E-state index in [1.54, 1.807) is 11.3 Å². The average Bonchev–Trinajstić information content (AvgIpc) is 3.30. The Balaban J connectivity index is 1.66. The molecule has 1 aliphatic heterocycles. The van der Waals surface area contributed by atoms with E-state index in [2.05, 4.69) is 31.3 Å². The minimum absolute atomic E-state index is 0.0102. The molecule has 2 heterocycles. The van der Waals surface area contributed by atoms with Gasteiger partial charge in [-0.1, -0.05) is 68.4 Å². The van der Waals surface area contributed by atoms with Gasteiger partial charge in [0.05, 0.1) is 12.0 Å². The third-order valence-corrected chi connectivity index (χ3v) is 6.62. The fourth-order valence-corrected chi connectivity index (χ4v) is 5.20. The van der Waals surface area contributed by atoms with Gasteiger partial charge in [0.2, 0.25) is 5.91 Å². The molecular weight excluding hydrogens is 404 g/mol. The molecule has 160 valence electrons. The Kier molecular flexibility index (Phi) is 6.52. The number of nitrogens with one attached hydrogen (secondary N) is 1. The van der Waals surface area contributed by atoms with Crippen molar-refractivity contribution in [3.8, 4) is 0 Å². The van der Waals surface area contributed by atoms with Gasteiger partial charge in [-0.3, -0.25) is 9.59 Å². The summed E-state index contributed by atoms with van der Waals surface area (Å²) in [5.41, 5.74) is 2.65. The second kappa shape index (κ2) is 9.48. The molecule has 0 spiro atoms. The van der Waals surface area contributed by atoms with Gasteiger partial charge in [0.15, 0.2) is 0 Å². The summed E-state index contributed by atoms with van der Waals surface area (Å²) in [7, 11) is 0. The topological polar surface area (TPSA) is 49.4 Å². The van der Waals surface area contributed by atoms with Gasteiger partial charge in [-0.15, -0.1) is 11.3 Å². The molecule has 4 rings (SSSR count). The maximum absolute atomic E-state index is 13.6. The molecule has 31 heavy (non-hydrogen) atoms. The van der Waals surface area contributed by atoms with E-state index in [0.717, 1.165) is 16.9 Å². The van der Waals surface area contributed by atoms with Crippen LogP contribution < -0.4 is 5.32 Å². The van der Waals surface area contributed by atoms with E-state index in [1.165, 1.54) is 5.56 Å². The SMILES string of the molecule is CC(C)CN1C(=O)c2ccccc2[C@@H](C(=O)NCCc2ccccc2)[C@@H]1c1cccs1. The lowest BCUT2D eigenvalue weighted by molar-refractivity contribution is -0.124. The summed E-state index contributed by atoms with van der Waals surface area (Å²) in [6.07, 6.45) is 0.777. The molecule has 0 radical (unpaired) electrons. The van der Waals surface area contributed by atoms with Crippen LogP contribution in [0.25, 0.3) is 0 Å². The first kappa shape index (κ1) is 21.3. The number of hydrogen-bond acceptors (Lipinski definition) is 3. The van der Waals surface area contributed by atoms with Crippen molar-refractivity contribution < 1.29 is 9.59 Å². The van der Waals surface area contributed by atoms with Gasteiger partial charge in [0.1, 0.15) is 0 Å². The molecule has 0 unspecified atom stereocenters. The number of amides is 2. The molecule has 0 saturated carbocycles. The minimum Gasteiger partial charge on any atom is -0.355 e. The van der Waals surface area contributed by atoms with E-state index in [1.807, 2.05) is 64.9 Å². The molecule has 0 bridgehead atoms. The highest BCUT2D eigenvalue weighted by molar-refractivity contribution is 7.10. The van der Waals surface area contributed by atoms with Crippen molar-refractivity contribution in [3.05, 3.63) is 93.7 Å². The largest absolute Gasteiger partial charge is 0.355 e. The lowest BCUT2D eigenvalue weighted by Crippen LogP contribution is -2.48. The van der Waals surface area contributed by atoms with Gasteiger partial charge in [-0.2, -0.15) is 0 Å². The maximum Gasteiger partial charge on any atom is 0.254 e. The first-order valence-electron chi connectivity index (χ1n) is 10.8. The van der Waals surface area contributed by atoms with Crippen molar-refractivity contribution in [2.24, 2.45) is 5.92 Å². The molecule has 0 fully saturated rings. The van der Waals surface area contributed by atoms with Crippen molar-refractivity contribution in [1.29, 1.82) is 0 Å². The van der Waals surface area contributed by atoms with Gasteiger partial charge in [0.25, 0.3) is 5.91 Å². The zero-order chi connectivity index (χ0) is 21.8. The number of nitrogens with zero attached hydrogens (tertiary/aromatic N) is 1. The number of fused-ring (bicyclic) bond motifs is 1. The van der Waals surface area contributed by atoms with Crippen molar-refractivity contribution >= 4 is 23.2 Å². The van der Waals surface area contributed by atoms with Crippen molar-refractivity contribution in [2.45, 2.75) is 32.2 Å². The average molecular weight is 433 g/mol. The summed E-state index contributed by atoms with van der Waals surface area (Å²) < 4.78 is 0. The van der Waals surface area contributed by atoms with Gasteiger partial charge >= 0.3 is 0 Å². The second-order valence-electron chi connectivity index (χ2n) is 8.40. The Morgan fingerprint density at radius 3 is 2.48 bits per heavy atom. The van der Waals surface area contributed by atoms with E-state index in [9.17, 15) is 9.59 Å². The fourth-order valence-electron chi connectivity index (χ4n) is 4.33. The Labute approximate surface area is 187 Å². The molecule has 0 saturated heterocycles. The maximum atomic E-state index is 13.6. The molecule has 2 aromatic carbocycles. The quantitative estimate of drug-likeness (QED) is 0.568. The number of carbonyl (C=O) groups is 2. The number of carbonyl (C=O) groups excluding carboxylic acids is 2. The van der Waals surface area contributed by atoms with Crippen molar-refractivity contribution in [1.82, 2.24) is 10.2 Å². The molecule has 1 aliphatic rings. The molecule has 0 aliphatic carbocycles. The highest BCUT2D eigenvalue weighted by Crippen LogP contribution is 2.44. The second-order valence-corrected chi connectivity index (χ2v) is 9.38. The van der Waals surface area contributed by atoms with Gasteiger partial charge < -0.3 is 10.2 Å². The van der Waals surface area contributed by atoms with Crippen molar-refractivity contribution in [3.63, 3.8) is 0 Å². The van der Waals surface area contributed by atoms with E-state index in [0.29, 0.717) is 24.6 Å². The van der Waals surface area contributed by atoms with Gasteiger partial charge in [-0.05, 0) is 41.0 Å². The lowest BCUT2D eigenvalue weighted by atomic mass is 9.81. The Hall–Kier alpha value is -2.92. The third-order valence-electron chi connectivity index (χ3n) is 5.67. The molecule has 2 atom stereocenters. The molecular formula is C26H28N2O2S. The predicted octanol–water partition coefficient (Wildman–Crippen LogP) is 5.04. The summed E-state index contributed by atoms with van der Waals surface area (Å²) in [6, 6.07) is 21.5. The number of rotatable bonds is 7. The van der Waals surface area contributed by atoms with Crippen LogP contribution in [-0.2, 0) is 11.2 Å². The monoisotopic (exact) mass is 432 g/mol. The molecule has 5 heteroatoms. The van der Waals surface area contributed by atoms with Crippen molar-refractivity contribution in [2.75, 3.05) is 13.1 Å². The van der Waals surface area contributed by atoms with E-state index in [-0.39, 0.29) is 17.9 Å². The predicted molar refractivity (Wildman–Crippen MR) is 125 cm³/mol. The zero-order valence-corrected chi connectivity index (χ0v) is 18.8. The number of benzene rings is 2. The van der Waals surface area contributed by atoms with Crippen LogP contribution in [0.5, 0.6) is 0 Å². The number of hydrogen-bond donors (Lipinski definition) is 1. The molecule has 1 aromatic heterocycles.